The van der Waals surface area contributed by atoms with Gasteiger partial charge < -0.3 is 15.3 Å². The summed E-state index contributed by atoms with van der Waals surface area (Å²) in [7, 11) is 0. The van der Waals surface area contributed by atoms with E-state index in [0.717, 1.165) is 0 Å². The van der Waals surface area contributed by atoms with Gasteiger partial charge in [-0.1, -0.05) is 18.2 Å². The lowest BCUT2D eigenvalue weighted by molar-refractivity contribution is -0.131. The van der Waals surface area contributed by atoms with Gasteiger partial charge in [0.1, 0.15) is 0 Å². The molecule has 0 bridgehead atoms. The van der Waals surface area contributed by atoms with Gasteiger partial charge in [0.25, 0.3) is 0 Å². The molecule has 24 heavy (non-hydrogen) atoms. The molecule has 0 aromatic heterocycles. The topological polar surface area (TPSA) is 86.7 Å². The van der Waals surface area contributed by atoms with Gasteiger partial charge in [-0.3, -0.25) is 9.59 Å². The number of carboxylic acids is 1. The maximum atomic E-state index is 11.8. The van der Waals surface area contributed by atoms with E-state index in [0.29, 0.717) is 44.5 Å². The molecular formula is C18H26N2O4. The van der Waals surface area contributed by atoms with Crippen LogP contribution in [-0.2, 0) is 16.0 Å². The first kappa shape index (κ1) is 19.7. The molecule has 132 valence electrons. The lowest BCUT2D eigenvalue weighted by Gasteiger charge is -2.18. The number of nitrogens with one attached hydrogen (secondary N) is 1. The van der Waals surface area contributed by atoms with E-state index in [1.165, 1.54) is 6.07 Å². The lowest BCUT2D eigenvalue weighted by atomic mass is 10.0. The number of aryl methyl sites for hydroxylation is 1. The monoisotopic (exact) mass is 334 g/mol. The normalized spacial score (nSPS) is 10.2. The first-order valence-electron chi connectivity index (χ1n) is 8.35. The van der Waals surface area contributed by atoms with Crippen LogP contribution < -0.4 is 5.32 Å². The average molecular weight is 334 g/mol. The molecule has 6 heteroatoms. The average Bonchev–Trinajstić information content (AvgIpc) is 2.58. The summed E-state index contributed by atoms with van der Waals surface area (Å²) in [5.74, 6) is -1.02. The molecule has 1 aromatic carbocycles. The fourth-order valence-electron chi connectivity index (χ4n) is 2.49. The Morgan fingerprint density at radius 2 is 1.75 bits per heavy atom. The van der Waals surface area contributed by atoms with Gasteiger partial charge in [-0.2, -0.15) is 0 Å². The molecule has 0 atom stereocenters. The molecule has 0 heterocycles. The highest BCUT2D eigenvalue weighted by Crippen LogP contribution is 2.11. The molecule has 0 saturated carbocycles. The van der Waals surface area contributed by atoms with Crippen molar-refractivity contribution in [2.24, 2.45) is 0 Å². The fraction of sp³-hybridized carbons (Fsp3) is 0.500. The van der Waals surface area contributed by atoms with Crippen molar-refractivity contribution in [3.63, 3.8) is 0 Å². The van der Waals surface area contributed by atoms with Gasteiger partial charge >= 0.3 is 5.97 Å². The number of hydrogen-bond acceptors (Lipinski definition) is 3. The minimum Gasteiger partial charge on any atom is -0.478 e. The molecule has 0 aliphatic carbocycles. The first-order chi connectivity index (χ1) is 11.5. The Balaban J connectivity index is 2.31. The number of benzene rings is 1. The van der Waals surface area contributed by atoms with Crippen molar-refractivity contribution in [1.29, 1.82) is 0 Å². The number of carboxylic acid groups (broad SMARTS) is 1. The third-order valence-electron chi connectivity index (χ3n) is 3.87. The number of rotatable bonds is 10. The molecule has 0 saturated heterocycles. The van der Waals surface area contributed by atoms with E-state index in [9.17, 15) is 14.4 Å². The van der Waals surface area contributed by atoms with Crippen molar-refractivity contribution in [1.82, 2.24) is 10.2 Å². The molecule has 1 aromatic rings. The second-order valence-electron chi connectivity index (χ2n) is 5.48. The van der Waals surface area contributed by atoms with E-state index in [-0.39, 0.29) is 23.8 Å². The molecule has 2 amide bonds. The Labute approximate surface area is 142 Å². The number of nitrogens with zero attached hydrogens (tertiary/aromatic N) is 1. The first-order valence-corrected chi connectivity index (χ1v) is 8.35. The van der Waals surface area contributed by atoms with Crippen LogP contribution in [0.1, 0.15) is 49.0 Å². The fourth-order valence-corrected chi connectivity index (χ4v) is 2.49. The third-order valence-corrected chi connectivity index (χ3v) is 3.87. The van der Waals surface area contributed by atoms with Crippen molar-refractivity contribution >= 4 is 17.8 Å². The van der Waals surface area contributed by atoms with Crippen LogP contribution in [0.3, 0.4) is 0 Å². The summed E-state index contributed by atoms with van der Waals surface area (Å²) in [6, 6.07) is 6.69. The second-order valence-corrected chi connectivity index (χ2v) is 5.48. The summed E-state index contributed by atoms with van der Waals surface area (Å²) in [6.07, 6.45) is 1.64. The predicted molar refractivity (Wildman–Crippen MR) is 91.9 cm³/mol. The lowest BCUT2D eigenvalue weighted by Crippen LogP contribution is -2.31. The molecule has 0 aliphatic rings. The summed E-state index contributed by atoms with van der Waals surface area (Å²) in [5, 5.41) is 11.9. The van der Waals surface area contributed by atoms with Crippen molar-refractivity contribution < 1.29 is 19.5 Å². The van der Waals surface area contributed by atoms with Gasteiger partial charge in [0.15, 0.2) is 0 Å². The summed E-state index contributed by atoms with van der Waals surface area (Å²) in [6.45, 7) is 5.73. The van der Waals surface area contributed by atoms with Crippen LogP contribution >= 0.6 is 0 Å². The maximum absolute atomic E-state index is 11.8. The number of carbonyl (C=O) groups is 3. The number of hydrogen-bond donors (Lipinski definition) is 2. The van der Waals surface area contributed by atoms with Gasteiger partial charge in [0.2, 0.25) is 11.8 Å². The molecule has 0 fully saturated rings. The summed E-state index contributed by atoms with van der Waals surface area (Å²) >= 11 is 0. The Hall–Kier alpha value is -2.37. The second kappa shape index (κ2) is 10.4. The van der Waals surface area contributed by atoms with Gasteiger partial charge in [-0.25, -0.2) is 4.79 Å². The largest absolute Gasteiger partial charge is 0.478 e. The van der Waals surface area contributed by atoms with Crippen molar-refractivity contribution in [2.75, 3.05) is 19.6 Å². The number of amides is 2. The van der Waals surface area contributed by atoms with Crippen LogP contribution in [0.2, 0.25) is 0 Å². The van der Waals surface area contributed by atoms with Crippen LogP contribution in [0.15, 0.2) is 24.3 Å². The minimum atomic E-state index is -0.985. The molecule has 0 unspecified atom stereocenters. The zero-order chi connectivity index (χ0) is 17.9. The van der Waals surface area contributed by atoms with E-state index in [1.54, 1.807) is 23.1 Å². The van der Waals surface area contributed by atoms with Crippen LogP contribution in [0.25, 0.3) is 0 Å². The molecule has 0 spiro atoms. The van der Waals surface area contributed by atoms with Crippen LogP contribution in [0.4, 0.5) is 0 Å². The van der Waals surface area contributed by atoms with Gasteiger partial charge in [0.05, 0.1) is 5.56 Å². The minimum absolute atomic E-state index is 0.102. The number of carbonyl (C=O) groups excluding carboxylic acids is 2. The zero-order valence-electron chi connectivity index (χ0n) is 14.4. The van der Waals surface area contributed by atoms with E-state index in [1.807, 2.05) is 13.8 Å². The molecule has 1 rings (SSSR count). The summed E-state index contributed by atoms with van der Waals surface area (Å²) in [5.41, 5.74) is 0.881. The summed E-state index contributed by atoms with van der Waals surface area (Å²) < 4.78 is 0. The van der Waals surface area contributed by atoms with Crippen LogP contribution in [0.5, 0.6) is 0 Å². The van der Waals surface area contributed by atoms with E-state index in [2.05, 4.69) is 5.32 Å². The maximum Gasteiger partial charge on any atom is 0.335 e. The zero-order valence-corrected chi connectivity index (χ0v) is 14.4. The molecular weight excluding hydrogens is 308 g/mol. The Morgan fingerprint density at radius 1 is 1.08 bits per heavy atom. The van der Waals surface area contributed by atoms with E-state index < -0.39 is 5.97 Å². The predicted octanol–water partition coefficient (Wildman–Crippen LogP) is 2.08. The highest BCUT2D eigenvalue weighted by molar-refractivity contribution is 5.89. The Bertz CT molecular complexity index is 568. The molecule has 0 aliphatic heterocycles. The highest BCUT2D eigenvalue weighted by atomic mass is 16.4. The smallest absolute Gasteiger partial charge is 0.335 e. The SMILES string of the molecule is CCN(CC)C(=O)CCCNC(=O)CCc1ccccc1C(=O)O. The molecule has 6 nitrogen and oxygen atoms in total. The van der Waals surface area contributed by atoms with Crippen molar-refractivity contribution in [3.05, 3.63) is 35.4 Å². The van der Waals surface area contributed by atoms with Crippen LogP contribution in [-0.4, -0.2) is 47.4 Å². The quantitative estimate of drug-likeness (QED) is 0.641. The molecule has 2 N–H and O–H groups in total. The van der Waals surface area contributed by atoms with Gasteiger partial charge in [0, 0.05) is 32.5 Å². The van der Waals surface area contributed by atoms with Crippen molar-refractivity contribution in [3.8, 4) is 0 Å². The van der Waals surface area contributed by atoms with Gasteiger partial charge in [-0.05, 0) is 38.3 Å². The standard InChI is InChI=1S/C18H26N2O4/c1-3-20(4-2)17(22)10-7-13-19-16(21)12-11-14-8-5-6-9-15(14)18(23)24/h5-6,8-9H,3-4,7,10-13H2,1-2H3,(H,19,21)(H,23,24). The highest BCUT2D eigenvalue weighted by Gasteiger charge is 2.11. The molecule has 0 radical (unpaired) electrons. The Kier molecular flexibility index (Phi) is 8.54. The summed E-state index contributed by atoms with van der Waals surface area (Å²) in [4.78, 5) is 36.5. The Morgan fingerprint density at radius 3 is 2.38 bits per heavy atom. The van der Waals surface area contributed by atoms with Gasteiger partial charge in [-0.15, -0.1) is 0 Å². The van der Waals surface area contributed by atoms with E-state index in [4.69, 9.17) is 5.11 Å². The van der Waals surface area contributed by atoms with Crippen LogP contribution in [0, 0.1) is 0 Å². The third kappa shape index (κ3) is 6.40. The number of aromatic carboxylic acids is 1. The van der Waals surface area contributed by atoms with E-state index >= 15 is 0 Å². The van der Waals surface area contributed by atoms with Crippen molar-refractivity contribution in [2.45, 2.75) is 39.5 Å².